The number of benzene rings is 1. The largest absolute Gasteiger partial charge is 0.416 e. The van der Waals surface area contributed by atoms with Crippen molar-refractivity contribution in [1.29, 1.82) is 0 Å². The summed E-state index contributed by atoms with van der Waals surface area (Å²) in [5.41, 5.74) is 0.800. The molecule has 0 spiro atoms. The van der Waals surface area contributed by atoms with Crippen molar-refractivity contribution >= 4 is 17.5 Å². The lowest BCUT2D eigenvalue weighted by atomic mass is 9.97. The molecule has 0 fully saturated rings. The van der Waals surface area contributed by atoms with Gasteiger partial charge >= 0.3 is 6.18 Å². The summed E-state index contributed by atoms with van der Waals surface area (Å²) in [5, 5.41) is 2.53. The molecule has 142 valence electrons. The van der Waals surface area contributed by atoms with Gasteiger partial charge in [-0.15, -0.1) is 0 Å². The molecule has 0 aliphatic heterocycles. The highest BCUT2D eigenvalue weighted by molar-refractivity contribution is 5.94. The molecule has 0 saturated heterocycles. The van der Waals surface area contributed by atoms with Crippen molar-refractivity contribution in [2.75, 3.05) is 18.4 Å². The summed E-state index contributed by atoms with van der Waals surface area (Å²) in [4.78, 5) is 25.3. The Morgan fingerprint density at radius 3 is 2.38 bits per heavy atom. The highest BCUT2D eigenvalue weighted by Gasteiger charge is 2.30. The number of hydrogen-bond donors (Lipinski definition) is 1. The lowest BCUT2D eigenvalue weighted by Crippen LogP contribution is -2.37. The number of carbonyl (C=O) groups is 2. The van der Waals surface area contributed by atoms with Gasteiger partial charge in [0, 0.05) is 19.2 Å². The molecule has 4 nitrogen and oxygen atoms in total. The first-order valence-corrected chi connectivity index (χ1v) is 8.66. The zero-order chi connectivity index (χ0) is 19.2. The number of carbonyl (C=O) groups excluding carboxylic acids is 2. The Labute approximate surface area is 151 Å². The number of halogens is 3. The van der Waals surface area contributed by atoms with E-state index >= 15 is 0 Å². The van der Waals surface area contributed by atoms with Gasteiger partial charge in [0.1, 0.15) is 0 Å². The Balaban J connectivity index is 1.88. The third kappa shape index (κ3) is 6.20. The van der Waals surface area contributed by atoms with Crippen molar-refractivity contribution in [2.24, 2.45) is 0 Å². The molecule has 0 heterocycles. The summed E-state index contributed by atoms with van der Waals surface area (Å²) in [6, 6.07) is 4.22. The minimum Gasteiger partial charge on any atom is -0.333 e. The first-order chi connectivity index (χ1) is 12.3. The fourth-order valence-electron chi connectivity index (χ4n) is 2.87. The Morgan fingerprint density at radius 1 is 1.15 bits per heavy atom. The zero-order valence-electron chi connectivity index (χ0n) is 14.7. The van der Waals surface area contributed by atoms with Crippen LogP contribution in [0.25, 0.3) is 0 Å². The standard InChI is InChI=1S/C19H23F3N2O2/c1-14(25)24(12-11-15-5-3-2-4-6-15)13-18(26)23-17-9-7-16(8-10-17)19(20,21)22/h5,7-10H,2-4,6,11-13H2,1H3,(H,23,26). The molecule has 0 bridgehead atoms. The average Bonchev–Trinajstić information content (AvgIpc) is 2.59. The molecule has 0 saturated carbocycles. The number of hydrogen-bond acceptors (Lipinski definition) is 2. The number of rotatable bonds is 6. The van der Waals surface area contributed by atoms with Crippen molar-refractivity contribution in [3.8, 4) is 0 Å². The van der Waals surface area contributed by atoms with Gasteiger partial charge in [-0.3, -0.25) is 9.59 Å². The quantitative estimate of drug-likeness (QED) is 0.758. The van der Waals surface area contributed by atoms with Crippen LogP contribution in [-0.4, -0.2) is 29.8 Å². The molecule has 1 aliphatic carbocycles. The van der Waals surface area contributed by atoms with E-state index in [1.165, 1.54) is 36.0 Å². The summed E-state index contributed by atoms with van der Waals surface area (Å²) in [5.74, 6) is -0.637. The minimum atomic E-state index is -4.41. The molecular formula is C19H23F3N2O2. The molecule has 7 heteroatoms. The fraction of sp³-hybridized carbons (Fsp3) is 0.474. The van der Waals surface area contributed by atoms with Gasteiger partial charge in [0.25, 0.3) is 0 Å². The Kier molecular flexibility index (Phi) is 6.83. The van der Waals surface area contributed by atoms with Gasteiger partial charge in [-0.25, -0.2) is 0 Å². The normalized spacial score (nSPS) is 14.5. The lowest BCUT2D eigenvalue weighted by Gasteiger charge is -2.22. The monoisotopic (exact) mass is 368 g/mol. The van der Waals surface area contributed by atoms with Crippen LogP contribution in [0.5, 0.6) is 0 Å². The van der Waals surface area contributed by atoms with E-state index in [4.69, 9.17) is 0 Å². The molecule has 0 aromatic heterocycles. The highest BCUT2D eigenvalue weighted by atomic mass is 19.4. The Morgan fingerprint density at radius 2 is 1.85 bits per heavy atom. The molecule has 0 unspecified atom stereocenters. The number of anilines is 1. The molecule has 2 rings (SSSR count). The van der Waals surface area contributed by atoms with Crippen LogP contribution in [0, 0.1) is 0 Å². The van der Waals surface area contributed by atoms with E-state index in [1.54, 1.807) is 0 Å². The first kappa shape index (κ1) is 20.0. The highest BCUT2D eigenvalue weighted by Crippen LogP contribution is 2.29. The summed E-state index contributed by atoms with van der Waals surface area (Å²) in [6.45, 7) is 1.74. The second-order valence-corrected chi connectivity index (χ2v) is 6.42. The van der Waals surface area contributed by atoms with Crippen molar-refractivity contribution in [3.63, 3.8) is 0 Å². The molecule has 1 aliphatic rings. The van der Waals surface area contributed by atoms with Crippen LogP contribution < -0.4 is 5.32 Å². The van der Waals surface area contributed by atoms with E-state index in [0.717, 1.165) is 37.8 Å². The maximum Gasteiger partial charge on any atom is 0.416 e. The van der Waals surface area contributed by atoms with E-state index in [9.17, 15) is 22.8 Å². The van der Waals surface area contributed by atoms with Gasteiger partial charge in [0.2, 0.25) is 11.8 Å². The average molecular weight is 368 g/mol. The second kappa shape index (κ2) is 8.87. The van der Waals surface area contributed by atoms with Crippen molar-refractivity contribution < 1.29 is 22.8 Å². The molecule has 1 aromatic carbocycles. The molecule has 2 amide bonds. The predicted octanol–water partition coefficient (Wildman–Crippen LogP) is 4.38. The smallest absolute Gasteiger partial charge is 0.333 e. The summed E-state index contributed by atoms with van der Waals surface area (Å²) < 4.78 is 37.6. The second-order valence-electron chi connectivity index (χ2n) is 6.42. The van der Waals surface area contributed by atoms with Gasteiger partial charge in [0.05, 0.1) is 12.1 Å². The number of alkyl halides is 3. The molecule has 26 heavy (non-hydrogen) atoms. The molecular weight excluding hydrogens is 345 g/mol. The van der Waals surface area contributed by atoms with E-state index in [0.29, 0.717) is 6.54 Å². The van der Waals surface area contributed by atoms with Crippen molar-refractivity contribution in [2.45, 2.75) is 45.2 Å². The van der Waals surface area contributed by atoms with Crippen LogP contribution >= 0.6 is 0 Å². The van der Waals surface area contributed by atoms with Crippen molar-refractivity contribution in [3.05, 3.63) is 41.5 Å². The Hall–Kier alpha value is -2.31. The summed E-state index contributed by atoms with van der Waals surface area (Å²) in [6.07, 6.45) is 2.96. The van der Waals surface area contributed by atoms with Gasteiger partial charge < -0.3 is 10.2 Å². The zero-order valence-corrected chi connectivity index (χ0v) is 14.7. The van der Waals surface area contributed by atoms with E-state index in [2.05, 4.69) is 11.4 Å². The third-order valence-corrected chi connectivity index (χ3v) is 4.36. The number of nitrogens with one attached hydrogen (secondary N) is 1. The van der Waals surface area contributed by atoms with Gasteiger partial charge in [-0.05, 0) is 56.4 Å². The minimum absolute atomic E-state index is 0.121. The third-order valence-electron chi connectivity index (χ3n) is 4.36. The SMILES string of the molecule is CC(=O)N(CCC1=CCCCC1)CC(=O)Nc1ccc(C(F)(F)F)cc1. The van der Waals surface area contributed by atoms with Gasteiger partial charge in [-0.2, -0.15) is 13.2 Å². The maximum absolute atomic E-state index is 12.5. The van der Waals surface area contributed by atoms with Crippen LogP contribution in [0.2, 0.25) is 0 Å². The van der Waals surface area contributed by atoms with Gasteiger partial charge in [0.15, 0.2) is 0 Å². The predicted molar refractivity (Wildman–Crippen MR) is 93.5 cm³/mol. The molecule has 1 aromatic rings. The van der Waals surface area contributed by atoms with Crippen LogP contribution in [0.4, 0.5) is 18.9 Å². The van der Waals surface area contributed by atoms with Crippen LogP contribution in [0.3, 0.4) is 0 Å². The van der Waals surface area contributed by atoms with Crippen LogP contribution in [-0.2, 0) is 15.8 Å². The Bertz CT molecular complexity index is 666. The molecule has 1 N–H and O–H groups in total. The fourth-order valence-corrected chi connectivity index (χ4v) is 2.87. The lowest BCUT2D eigenvalue weighted by molar-refractivity contribution is -0.137. The number of allylic oxidation sites excluding steroid dienone is 1. The first-order valence-electron chi connectivity index (χ1n) is 8.66. The maximum atomic E-state index is 12.5. The van der Waals surface area contributed by atoms with Crippen LogP contribution in [0.15, 0.2) is 35.9 Å². The number of nitrogens with zero attached hydrogens (tertiary/aromatic N) is 1. The summed E-state index contributed by atoms with van der Waals surface area (Å²) in [7, 11) is 0. The van der Waals surface area contributed by atoms with E-state index in [1.807, 2.05) is 0 Å². The summed E-state index contributed by atoms with van der Waals surface area (Å²) >= 11 is 0. The van der Waals surface area contributed by atoms with E-state index < -0.39 is 17.6 Å². The number of amides is 2. The molecule has 0 radical (unpaired) electrons. The van der Waals surface area contributed by atoms with Gasteiger partial charge in [-0.1, -0.05) is 11.6 Å². The van der Waals surface area contributed by atoms with Crippen LogP contribution in [0.1, 0.15) is 44.6 Å². The topological polar surface area (TPSA) is 49.4 Å². The van der Waals surface area contributed by atoms with Crippen molar-refractivity contribution in [1.82, 2.24) is 4.90 Å². The van der Waals surface area contributed by atoms with E-state index in [-0.39, 0.29) is 18.1 Å². The molecule has 0 atom stereocenters.